The van der Waals surface area contributed by atoms with Gasteiger partial charge in [0.25, 0.3) is 5.91 Å². The molecule has 6 rings (SSSR count). The van der Waals surface area contributed by atoms with Crippen LogP contribution in [0.5, 0.6) is 5.88 Å². The molecule has 2 fully saturated rings. The highest BCUT2D eigenvalue weighted by atomic mass is 32.2. The SMILES string of the molecule is CC1(C)CC2CCCNc3cccc(n3)SNC(=O)c3ccc(-n4ccc(OCCCC5(C(F)(F)F)CC5)n4)nc3N1C2. The van der Waals surface area contributed by atoms with Crippen LogP contribution in [0.1, 0.15) is 69.2 Å². The van der Waals surface area contributed by atoms with E-state index in [1.54, 1.807) is 29.1 Å². The normalized spacial score (nSPS) is 21.2. The van der Waals surface area contributed by atoms with Crippen molar-refractivity contribution in [3.63, 3.8) is 0 Å². The molecule has 3 aromatic heterocycles. The lowest BCUT2D eigenvalue weighted by Crippen LogP contribution is -2.40. The van der Waals surface area contributed by atoms with E-state index >= 15 is 0 Å². The maximum absolute atomic E-state index is 13.5. The Labute approximate surface area is 253 Å². The van der Waals surface area contributed by atoms with E-state index in [1.165, 1.54) is 0 Å². The third-order valence-corrected chi connectivity index (χ3v) is 9.42. The van der Waals surface area contributed by atoms with Gasteiger partial charge in [-0.05, 0) is 89.0 Å². The van der Waals surface area contributed by atoms with Crippen molar-refractivity contribution in [2.24, 2.45) is 11.3 Å². The fourth-order valence-electron chi connectivity index (χ4n) is 6.16. The van der Waals surface area contributed by atoms with Gasteiger partial charge >= 0.3 is 6.18 Å². The Morgan fingerprint density at radius 2 is 1.98 bits per heavy atom. The van der Waals surface area contributed by atoms with Gasteiger partial charge in [0, 0.05) is 42.8 Å². The van der Waals surface area contributed by atoms with Gasteiger partial charge in [-0.2, -0.15) is 13.2 Å². The zero-order chi connectivity index (χ0) is 30.2. The number of nitrogens with one attached hydrogen (secondary N) is 2. The highest BCUT2D eigenvalue weighted by Gasteiger charge is 2.62. The van der Waals surface area contributed by atoms with E-state index in [4.69, 9.17) is 9.72 Å². The molecule has 2 aliphatic heterocycles. The van der Waals surface area contributed by atoms with Crippen molar-refractivity contribution in [1.82, 2.24) is 24.5 Å². The molecule has 1 amide bonds. The maximum atomic E-state index is 13.5. The number of fused-ring (bicyclic) bond motifs is 6. The van der Waals surface area contributed by atoms with Gasteiger partial charge in [-0.1, -0.05) is 6.07 Å². The standard InChI is InChI=1S/C30H36F3N7O2S/c1-28(2)18-20-6-4-15-34-22-7-3-8-25(35-22)43-38-27(41)21-9-10-23(36-26(21)39(28)19-20)40-16-11-24(37-40)42-17-5-12-29(13-14-29)30(31,32)33/h3,7-11,16,20H,4-6,12-15,17-19H2,1-2H3,(H,34,35)(H,38,41). The van der Waals surface area contributed by atoms with Gasteiger partial charge in [0.1, 0.15) is 16.7 Å². The van der Waals surface area contributed by atoms with Gasteiger partial charge in [0.2, 0.25) is 5.88 Å². The monoisotopic (exact) mass is 615 g/mol. The first-order valence-corrected chi connectivity index (χ1v) is 15.6. The van der Waals surface area contributed by atoms with E-state index in [0.29, 0.717) is 40.4 Å². The summed E-state index contributed by atoms with van der Waals surface area (Å²) >= 11 is 1.16. The van der Waals surface area contributed by atoms with Crippen LogP contribution in [0.15, 0.2) is 47.6 Å². The van der Waals surface area contributed by atoms with Crippen LogP contribution in [0.2, 0.25) is 0 Å². The van der Waals surface area contributed by atoms with Crippen molar-refractivity contribution in [1.29, 1.82) is 0 Å². The molecule has 43 heavy (non-hydrogen) atoms. The van der Waals surface area contributed by atoms with Crippen molar-refractivity contribution in [2.45, 2.75) is 75.5 Å². The Morgan fingerprint density at radius 1 is 1.14 bits per heavy atom. The second-order valence-electron chi connectivity index (χ2n) is 12.3. The minimum atomic E-state index is -4.16. The minimum absolute atomic E-state index is 0.0640. The van der Waals surface area contributed by atoms with Crippen LogP contribution in [0.3, 0.4) is 0 Å². The number of nitrogens with zero attached hydrogens (tertiary/aromatic N) is 5. The predicted molar refractivity (Wildman–Crippen MR) is 159 cm³/mol. The number of rotatable bonds is 6. The Hall–Kier alpha value is -3.48. The third-order valence-electron chi connectivity index (χ3n) is 8.69. The Kier molecular flexibility index (Phi) is 7.95. The lowest BCUT2D eigenvalue weighted by Gasteiger charge is -2.34. The Bertz CT molecular complexity index is 1470. The largest absolute Gasteiger partial charge is 0.477 e. The van der Waals surface area contributed by atoms with E-state index in [-0.39, 0.29) is 37.3 Å². The quantitative estimate of drug-likeness (QED) is 0.243. The molecular formula is C30H36F3N7O2S. The third kappa shape index (κ3) is 6.41. The van der Waals surface area contributed by atoms with E-state index in [1.807, 2.05) is 18.2 Å². The van der Waals surface area contributed by atoms with E-state index in [9.17, 15) is 18.0 Å². The van der Waals surface area contributed by atoms with Crippen LogP contribution < -0.4 is 19.7 Å². The second-order valence-corrected chi connectivity index (χ2v) is 13.2. The van der Waals surface area contributed by atoms with E-state index in [0.717, 1.165) is 50.1 Å². The van der Waals surface area contributed by atoms with Crippen LogP contribution in [-0.2, 0) is 0 Å². The lowest BCUT2D eigenvalue weighted by atomic mass is 9.93. The molecule has 230 valence electrons. The Balaban J connectivity index is 1.22. The molecule has 3 aromatic rings. The summed E-state index contributed by atoms with van der Waals surface area (Å²) in [7, 11) is 0. The summed E-state index contributed by atoms with van der Waals surface area (Å²) in [4.78, 5) is 25.3. The minimum Gasteiger partial charge on any atom is -0.477 e. The van der Waals surface area contributed by atoms with Crippen LogP contribution in [0, 0.1) is 11.3 Å². The van der Waals surface area contributed by atoms with Crippen molar-refractivity contribution in [3.05, 3.63) is 48.2 Å². The van der Waals surface area contributed by atoms with Crippen molar-refractivity contribution >= 4 is 29.5 Å². The molecular weight excluding hydrogens is 579 g/mol. The summed E-state index contributed by atoms with van der Waals surface area (Å²) in [6, 6.07) is 10.8. The smallest absolute Gasteiger partial charge is 0.394 e. The van der Waals surface area contributed by atoms with Gasteiger partial charge < -0.3 is 15.0 Å². The van der Waals surface area contributed by atoms with Gasteiger partial charge in [-0.25, -0.2) is 14.6 Å². The number of pyridine rings is 2. The molecule has 3 aliphatic rings. The first-order chi connectivity index (χ1) is 20.5. The number of alkyl halides is 3. The number of hydrogen-bond acceptors (Lipinski definition) is 8. The molecule has 0 aromatic carbocycles. The maximum Gasteiger partial charge on any atom is 0.394 e. The number of hydrogen-bond donors (Lipinski definition) is 2. The van der Waals surface area contributed by atoms with Gasteiger partial charge in [-0.15, -0.1) is 5.10 Å². The molecule has 1 saturated carbocycles. The zero-order valence-electron chi connectivity index (χ0n) is 24.3. The molecule has 13 heteroatoms. The number of anilines is 2. The summed E-state index contributed by atoms with van der Waals surface area (Å²) < 4.78 is 49.8. The van der Waals surface area contributed by atoms with Crippen LogP contribution in [0.25, 0.3) is 5.82 Å². The molecule has 9 nitrogen and oxygen atoms in total. The lowest BCUT2D eigenvalue weighted by molar-refractivity contribution is -0.189. The highest BCUT2D eigenvalue weighted by molar-refractivity contribution is 7.97. The molecule has 0 spiro atoms. The number of aromatic nitrogens is 4. The van der Waals surface area contributed by atoms with E-state index < -0.39 is 11.6 Å². The summed E-state index contributed by atoms with van der Waals surface area (Å²) in [6.07, 6.45) is 1.31. The highest BCUT2D eigenvalue weighted by Crippen LogP contribution is 2.60. The summed E-state index contributed by atoms with van der Waals surface area (Å²) in [6.45, 7) is 6.10. The number of ether oxygens (including phenoxy) is 1. The molecule has 1 unspecified atom stereocenters. The zero-order valence-corrected chi connectivity index (χ0v) is 25.1. The topological polar surface area (TPSA) is 97.2 Å². The second kappa shape index (κ2) is 11.5. The molecule has 4 bridgehead atoms. The van der Waals surface area contributed by atoms with Crippen molar-refractivity contribution < 1.29 is 22.7 Å². The molecule has 0 radical (unpaired) electrons. The average Bonchev–Trinajstić information content (AvgIpc) is 3.52. The fraction of sp³-hybridized carbons (Fsp3) is 0.533. The van der Waals surface area contributed by atoms with E-state index in [2.05, 4.69) is 38.9 Å². The summed E-state index contributed by atoms with van der Waals surface area (Å²) in [5.74, 6) is 2.36. The van der Waals surface area contributed by atoms with Crippen LogP contribution in [-0.4, -0.2) is 57.1 Å². The Morgan fingerprint density at radius 3 is 2.77 bits per heavy atom. The van der Waals surface area contributed by atoms with Crippen molar-refractivity contribution in [2.75, 3.05) is 29.9 Å². The number of halogens is 3. The molecule has 1 saturated heterocycles. The first-order valence-electron chi connectivity index (χ1n) is 14.8. The predicted octanol–water partition coefficient (Wildman–Crippen LogP) is 6.41. The first kappa shape index (κ1) is 29.6. The number of carbonyl (C=O) groups excluding carboxylic acids is 1. The number of carbonyl (C=O) groups is 1. The average molecular weight is 616 g/mol. The molecule has 1 atom stereocenters. The summed E-state index contributed by atoms with van der Waals surface area (Å²) in [5.41, 5.74) is -1.29. The summed E-state index contributed by atoms with van der Waals surface area (Å²) in [5, 5.41) is 8.54. The van der Waals surface area contributed by atoms with Crippen LogP contribution >= 0.6 is 11.9 Å². The van der Waals surface area contributed by atoms with Gasteiger partial charge in [-0.3, -0.25) is 9.52 Å². The molecule has 5 heterocycles. The van der Waals surface area contributed by atoms with Crippen LogP contribution in [0.4, 0.5) is 24.8 Å². The van der Waals surface area contributed by atoms with Crippen molar-refractivity contribution in [3.8, 4) is 11.7 Å². The molecule has 2 N–H and O–H groups in total. The van der Waals surface area contributed by atoms with Gasteiger partial charge in [0.05, 0.1) is 17.6 Å². The molecule has 1 aliphatic carbocycles. The van der Waals surface area contributed by atoms with Gasteiger partial charge in [0.15, 0.2) is 5.82 Å². The fourth-order valence-corrected chi connectivity index (χ4v) is 6.76. The number of amides is 1.